The number of aromatic carboxylic acids is 1. The smallest absolute Gasteiger partial charge is 0.335 e. The predicted octanol–water partition coefficient (Wildman–Crippen LogP) is 5.10. The zero-order valence-electron chi connectivity index (χ0n) is 13.8. The number of hydrogen-bond donors (Lipinski definition) is 1. The molecule has 0 aliphatic heterocycles. The van der Waals surface area contributed by atoms with Gasteiger partial charge in [0.05, 0.1) is 17.6 Å². The number of aromatic nitrogens is 2. The molecule has 1 aromatic heterocycles. The molecule has 1 N–H and O–H groups in total. The lowest BCUT2D eigenvalue weighted by atomic mass is 10.00. The van der Waals surface area contributed by atoms with E-state index in [0.29, 0.717) is 11.6 Å². The fourth-order valence-electron chi connectivity index (χ4n) is 3.07. The first kappa shape index (κ1) is 16.4. The number of carboxylic acids is 1. The van der Waals surface area contributed by atoms with E-state index in [1.807, 2.05) is 59.4 Å². The quantitative estimate of drug-likeness (QED) is 0.549. The van der Waals surface area contributed by atoms with E-state index in [-0.39, 0.29) is 5.56 Å². The first-order valence-electron chi connectivity index (χ1n) is 8.14. The van der Waals surface area contributed by atoms with Crippen LogP contribution in [0.1, 0.15) is 15.9 Å². The minimum atomic E-state index is -0.935. The van der Waals surface area contributed by atoms with Crippen LogP contribution in [-0.2, 0) is 6.54 Å². The number of carbonyl (C=O) groups is 1. The third-order valence-electron chi connectivity index (χ3n) is 4.25. The van der Waals surface area contributed by atoms with Crippen LogP contribution in [0.25, 0.3) is 22.0 Å². The molecule has 0 amide bonds. The topological polar surface area (TPSA) is 55.1 Å². The van der Waals surface area contributed by atoms with Gasteiger partial charge in [-0.25, -0.2) is 4.79 Å². The molecule has 0 spiro atoms. The molecule has 4 rings (SSSR count). The van der Waals surface area contributed by atoms with Gasteiger partial charge in [-0.05, 0) is 47.0 Å². The van der Waals surface area contributed by atoms with Crippen LogP contribution in [-0.4, -0.2) is 20.9 Å². The first-order valence-corrected chi connectivity index (χ1v) is 8.52. The number of benzene rings is 3. The summed E-state index contributed by atoms with van der Waals surface area (Å²) in [7, 11) is 0. The van der Waals surface area contributed by atoms with E-state index in [1.54, 1.807) is 18.2 Å². The Bertz CT molecular complexity index is 1120. The van der Waals surface area contributed by atoms with Gasteiger partial charge in [-0.2, -0.15) is 5.10 Å². The Balaban J connectivity index is 1.76. The standard InChI is InChI=1S/C21H15ClN2O2/c22-17-7-1-4-14(10-17)12-24-13-19-18(8-3-9-20(19)23-24)15-5-2-6-16(11-15)21(25)26/h1-11,13H,12H2,(H,25,26). The molecule has 0 saturated heterocycles. The molecular formula is C21H15ClN2O2. The summed E-state index contributed by atoms with van der Waals surface area (Å²) < 4.78 is 1.88. The SMILES string of the molecule is O=C(O)c1cccc(-c2cccc3nn(Cc4cccc(Cl)c4)cc23)c1. The summed E-state index contributed by atoms with van der Waals surface area (Å²) in [5, 5.41) is 15.6. The van der Waals surface area contributed by atoms with Crippen molar-refractivity contribution in [3.63, 3.8) is 0 Å². The molecule has 0 saturated carbocycles. The molecule has 1 heterocycles. The maximum atomic E-state index is 11.3. The van der Waals surface area contributed by atoms with Crippen molar-refractivity contribution >= 4 is 28.5 Å². The summed E-state index contributed by atoms with van der Waals surface area (Å²) in [5.74, 6) is -0.935. The van der Waals surface area contributed by atoms with Gasteiger partial charge < -0.3 is 5.11 Å². The molecule has 0 aliphatic rings. The lowest BCUT2D eigenvalue weighted by Crippen LogP contribution is -1.99. The van der Waals surface area contributed by atoms with Gasteiger partial charge in [0.25, 0.3) is 0 Å². The monoisotopic (exact) mass is 362 g/mol. The highest BCUT2D eigenvalue weighted by Gasteiger charge is 2.10. The van der Waals surface area contributed by atoms with Crippen LogP contribution in [0.15, 0.2) is 72.9 Å². The molecule has 0 unspecified atom stereocenters. The molecule has 0 radical (unpaired) electrons. The van der Waals surface area contributed by atoms with Crippen molar-refractivity contribution in [3.05, 3.63) is 89.1 Å². The minimum Gasteiger partial charge on any atom is -0.478 e. The van der Waals surface area contributed by atoms with E-state index < -0.39 is 5.97 Å². The Morgan fingerprint density at radius 3 is 2.65 bits per heavy atom. The summed E-state index contributed by atoms with van der Waals surface area (Å²) >= 11 is 6.06. The van der Waals surface area contributed by atoms with Crippen molar-refractivity contribution < 1.29 is 9.90 Å². The van der Waals surface area contributed by atoms with Gasteiger partial charge in [-0.15, -0.1) is 0 Å². The second-order valence-corrected chi connectivity index (χ2v) is 6.52. The van der Waals surface area contributed by atoms with E-state index in [9.17, 15) is 9.90 Å². The van der Waals surface area contributed by atoms with Gasteiger partial charge >= 0.3 is 5.97 Å². The van der Waals surface area contributed by atoms with Gasteiger partial charge in [0.15, 0.2) is 0 Å². The number of halogens is 1. The van der Waals surface area contributed by atoms with Crippen molar-refractivity contribution in [3.8, 4) is 11.1 Å². The normalized spacial score (nSPS) is 11.0. The van der Waals surface area contributed by atoms with Crippen molar-refractivity contribution in [2.45, 2.75) is 6.54 Å². The van der Waals surface area contributed by atoms with Crippen LogP contribution >= 0.6 is 11.6 Å². The summed E-state index contributed by atoms with van der Waals surface area (Å²) in [6, 6.07) is 20.5. The van der Waals surface area contributed by atoms with E-state index in [4.69, 9.17) is 11.6 Å². The molecule has 4 nitrogen and oxygen atoms in total. The highest BCUT2D eigenvalue weighted by molar-refractivity contribution is 6.30. The Hall–Kier alpha value is -3.11. The molecule has 128 valence electrons. The highest BCUT2D eigenvalue weighted by Crippen LogP contribution is 2.29. The number of fused-ring (bicyclic) bond motifs is 1. The summed E-state index contributed by atoms with van der Waals surface area (Å²) in [6.07, 6.45) is 1.99. The molecule has 26 heavy (non-hydrogen) atoms. The van der Waals surface area contributed by atoms with Crippen LogP contribution in [0, 0.1) is 0 Å². The van der Waals surface area contributed by atoms with Crippen molar-refractivity contribution in [1.29, 1.82) is 0 Å². The number of nitrogens with zero attached hydrogens (tertiary/aromatic N) is 2. The van der Waals surface area contributed by atoms with Crippen molar-refractivity contribution in [2.24, 2.45) is 0 Å². The maximum Gasteiger partial charge on any atom is 0.335 e. The Kier molecular flexibility index (Phi) is 4.19. The van der Waals surface area contributed by atoms with Crippen LogP contribution in [0.3, 0.4) is 0 Å². The molecule has 0 bridgehead atoms. The van der Waals surface area contributed by atoms with E-state index in [2.05, 4.69) is 5.10 Å². The van der Waals surface area contributed by atoms with Gasteiger partial charge in [-0.3, -0.25) is 4.68 Å². The average Bonchev–Trinajstić information content (AvgIpc) is 3.04. The average molecular weight is 363 g/mol. The summed E-state index contributed by atoms with van der Waals surface area (Å²) in [6.45, 7) is 0.615. The molecular weight excluding hydrogens is 348 g/mol. The van der Waals surface area contributed by atoms with Gasteiger partial charge in [-0.1, -0.05) is 48.0 Å². The van der Waals surface area contributed by atoms with E-state index in [0.717, 1.165) is 27.6 Å². The van der Waals surface area contributed by atoms with Crippen molar-refractivity contribution in [2.75, 3.05) is 0 Å². The molecule has 4 aromatic rings. The third-order valence-corrected chi connectivity index (χ3v) is 4.49. The van der Waals surface area contributed by atoms with Gasteiger partial charge in [0.1, 0.15) is 0 Å². The lowest BCUT2D eigenvalue weighted by Gasteiger charge is -2.04. The molecule has 0 aliphatic carbocycles. The fourth-order valence-corrected chi connectivity index (χ4v) is 3.28. The highest BCUT2D eigenvalue weighted by atomic mass is 35.5. The molecule has 3 aromatic carbocycles. The minimum absolute atomic E-state index is 0.269. The zero-order chi connectivity index (χ0) is 18.1. The molecule has 0 fully saturated rings. The van der Waals surface area contributed by atoms with Crippen LogP contribution in [0.4, 0.5) is 0 Å². The Labute approximate surface area is 155 Å². The number of rotatable bonds is 4. The second kappa shape index (κ2) is 6.65. The lowest BCUT2D eigenvalue weighted by molar-refractivity contribution is 0.0697. The van der Waals surface area contributed by atoms with Crippen LogP contribution in [0.5, 0.6) is 0 Å². The molecule has 0 atom stereocenters. The fraction of sp³-hybridized carbons (Fsp3) is 0.0476. The maximum absolute atomic E-state index is 11.3. The Morgan fingerprint density at radius 2 is 1.85 bits per heavy atom. The largest absolute Gasteiger partial charge is 0.478 e. The predicted molar refractivity (Wildman–Crippen MR) is 103 cm³/mol. The van der Waals surface area contributed by atoms with Crippen molar-refractivity contribution in [1.82, 2.24) is 9.78 Å². The summed E-state index contributed by atoms with van der Waals surface area (Å²) in [4.78, 5) is 11.3. The van der Waals surface area contributed by atoms with E-state index in [1.165, 1.54) is 0 Å². The third kappa shape index (κ3) is 3.19. The summed E-state index contributed by atoms with van der Waals surface area (Å²) in [5.41, 5.74) is 4.02. The van der Waals surface area contributed by atoms with Gasteiger partial charge in [0, 0.05) is 16.6 Å². The second-order valence-electron chi connectivity index (χ2n) is 6.08. The first-order chi connectivity index (χ1) is 12.6. The number of hydrogen-bond acceptors (Lipinski definition) is 2. The van der Waals surface area contributed by atoms with Crippen LogP contribution in [0.2, 0.25) is 5.02 Å². The van der Waals surface area contributed by atoms with Crippen LogP contribution < -0.4 is 0 Å². The zero-order valence-corrected chi connectivity index (χ0v) is 14.5. The Morgan fingerprint density at radius 1 is 1.04 bits per heavy atom. The molecule has 5 heteroatoms. The van der Waals surface area contributed by atoms with E-state index >= 15 is 0 Å². The van der Waals surface area contributed by atoms with Gasteiger partial charge in [0.2, 0.25) is 0 Å². The number of carboxylic acid groups (broad SMARTS) is 1.